The second-order valence-electron chi connectivity index (χ2n) is 7.46. The van der Waals surface area contributed by atoms with Crippen molar-refractivity contribution < 1.29 is 9.18 Å². The van der Waals surface area contributed by atoms with Gasteiger partial charge in [-0.05, 0) is 49.2 Å². The largest absolute Gasteiger partial charge is 0.322 e. The van der Waals surface area contributed by atoms with E-state index in [4.69, 9.17) is 0 Å². The first-order valence-corrected chi connectivity index (χ1v) is 10.1. The number of carbonyl (C=O) groups excluding carboxylic acids is 1. The molecule has 1 aliphatic heterocycles. The minimum absolute atomic E-state index is 0.0524. The van der Waals surface area contributed by atoms with Gasteiger partial charge in [-0.1, -0.05) is 48.9 Å². The molecular weight excluding hydrogens is 367 g/mol. The molecule has 2 heterocycles. The Hall–Kier alpha value is -2.99. The van der Waals surface area contributed by atoms with Crippen molar-refractivity contribution in [3.05, 3.63) is 83.9 Å². The van der Waals surface area contributed by atoms with Crippen LogP contribution >= 0.6 is 0 Å². The fourth-order valence-corrected chi connectivity index (χ4v) is 3.89. The normalized spacial score (nSPS) is 15.8. The van der Waals surface area contributed by atoms with Gasteiger partial charge in [-0.3, -0.25) is 14.4 Å². The smallest absolute Gasteiger partial charge is 0.246 e. The van der Waals surface area contributed by atoms with E-state index in [1.54, 1.807) is 23.1 Å². The lowest BCUT2D eigenvalue weighted by molar-refractivity contribution is -0.122. The van der Waals surface area contributed by atoms with Crippen LogP contribution in [0.2, 0.25) is 0 Å². The van der Waals surface area contributed by atoms with E-state index in [1.165, 1.54) is 18.6 Å². The van der Waals surface area contributed by atoms with Gasteiger partial charge in [0.05, 0.1) is 18.4 Å². The summed E-state index contributed by atoms with van der Waals surface area (Å²) in [6, 6.07) is 16.0. The van der Waals surface area contributed by atoms with E-state index in [0.717, 1.165) is 37.1 Å². The third kappa shape index (κ3) is 4.90. The molecule has 0 saturated carbocycles. The standard InChI is InChI=1S/C23H25FN4O/c24-20-11-7-8-18(14-20)16-28-17-21(15-25-28)26-23(29)22(19-9-3-1-4-10-19)27-12-5-2-6-13-27/h1,3-4,7-11,14-15,17,22H,2,5-6,12-13,16H2,(H,26,29)/t22-/m1/s1. The van der Waals surface area contributed by atoms with E-state index in [9.17, 15) is 9.18 Å². The Morgan fingerprint density at radius 1 is 1.07 bits per heavy atom. The topological polar surface area (TPSA) is 50.2 Å². The molecule has 150 valence electrons. The van der Waals surface area contributed by atoms with Gasteiger partial charge in [-0.25, -0.2) is 4.39 Å². The molecule has 1 amide bonds. The summed E-state index contributed by atoms with van der Waals surface area (Å²) in [7, 11) is 0. The summed E-state index contributed by atoms with van der Waals surface area (Å²) in [4.78, 5) is 15.4. The van der Waals surface area contributed by atoms with Crippen molar-refractivity contribution in [2.24, 2.45) is 0 Å². The summed E-state index contributed by atoms with van der Waals surface area (Å²) in [5.41, 5.74) is 2.46. The first-order chi connectivity index (χ1) is 14.2. The van der Waals surface area contributed by atoms with Crippen LogP contribution in [0, 0.1) is 5.82 Å². The Kier molecular flexibility index (Phi) is 6.00. The Bertz CT molecular complexity index is 950. The molecule has 2 aromatic carbocycles. The molecule has 3 aromatic rings. The molecule has 1 aliphatic rings. The number of hydrogen-bond donors (Lipinski definition) is 1. The van der Waals surface area contributed by atoms with Gasteiger partial charge in [0.1, 0.15) is 11.9 Å². The lowest BCUT2D eigenvalue weighted by Crippen LogP contribution is -2.40. The fraction of sp³-hybridized carbons (Fsp3) is 0.304. The van der Waals surface area contributed by atoms with Gasteiger partial charge >= 0.3 is 0 Å². The van der Waals surface area contributed by atoms with E-state index in [2.05, 4.69) is 15.3 Å². The van der Waals surface area contributed by atoms with Crippen LogP contribution < -0.4 is 5.32 Å². The highest BCUT2D eigenvalue weighted by Crippen LogP contribution is 2.26. The highest BCUT2D eigenvalue weighted by Gasteiger charge is 2.28. The van der Waals surface area contributed by atoms with Crippen molar-refractivity contribution >= 4 is 11.6 Å². The van der Waals surface area contributed by atoms with E-state index >= 15 is 0 Å². The molecule has 1 saturated heterocycles. The van der Waals surface area contributed by atoms with Crippen LogP contribution in [0.25, 0.3) is 0 Å². The third-order valence-corrected chi connectivity index (χ3v) is 5.25. The minimum Gasteiger partial charge on any atom is -0.322 e. The summed E-state index contributed by atoms with van der Waals surface area (Å²) >= 11 is 0. The number of amides is 1. The summed E-state index contributed by atoms with van der Waals surface area (Å²) < 4.78 is 15.1. The zero-order chi connectivity index (χ0) is 20.1. The van der Waals surface area contributed by atoms with Gasteiger partial charge < -0.3 is 5.32 Å². The van der Waals surface area contributed by atoms with Crippen LogP contribution in [0.1, 0.15) is 36.4 Å². The molecule has 1 aromatic heterocycles. The maximum Gasteiger partial charge on any atom is 0.246 e. The van der Waals surface area contributed by atoms with E-state index in [1.807, 2.05) is 36.4 Å². The predicted molar refractivity (Wildman–Crippen MR) is 111 cm³/mol. The maximum atomic E-state index is 13.4. The molecule has 1 fully saturated rings. The highest BCUT2D eigenvalue weighted by atomic mass is 19.1. The zero-order valence-electron chi connectivity index (χ0n) is 16.3. The molecule has 0 spiro atoms. The number of nitrogens with one attached hydrogen (secondary N) is 1. The average Bonchev–Trinajstić information content (AvgIpc) is 3.16. The second kappa shape index (κ2) is 9.01. The lowest BCUT2D eigenvalue weighted by Gasteiger charge is -2.33. The lowest BCUT2D eigenvalue weighted by atomic mass is 10.0. The highest BCUT2D eigenvalue weighted by molar-refractivity contribution is 5.95. The van der Waals surface area contributed by atoms with Gasteiger partial charge in [0.25, 0.3) is 0 Å². The first-order valence-electron chi connectivity index (χ1n) is 10.1. The molecule has 4 rings (SSSR count). The number of anilines is 1. The summed E-state index contributed by atoms with van der Waals surface area (Å²) in [5.74, 6) is -0.321. The van der Waals surface area contributed by atoms with Gasteiger partial charge in [0, 0.05) is 6.20 Å². The quantitative estimate of drug-likeness (QED) is 0.683. The Morgan fingerprint density at radius 3 is 2.62 bits per heavy atom. The number of carbonyl (C=O) groups is 1. The van der Waals surface area contributed by atoms with Gasteiger partial charge in [-0.2, -0.15) is 5.10 Å². The Morgan fingerprint density at radius 2 is 1.86 bits per heavy atom. The molecule has 0 unspecified atom stereocenters. The van der Waals surface area contributed by atoms with Crippen LogP contribution in [0.3, 0.4) is 0 Å². The Balaban J connectivity index is 1.48. The molecule has 0 aliphatic carbocycles. The predicted octanol–water partition coefficient (Wildman–Crippen LogP) is 4.24. The number of rotatable bonds is 6. The van der Waals surface area contributed by atoms with Crippen LogP contribution in [-0.2, 0) is 11.3 Å². The average molecular weight is 392 g/mol. The van der Waals surface area contributed by atoms with E-state index in [-0.39, 0.29) is 17.8 Å². The number of piperidine rings is 1. The van der Waals surface area contributed by atoms with Gasteiger partial charge in [0.15, 0.2) is 0 Å². The summed E-state index contributed by atoms with van der Waals surface area (Å²) in [6.07, 6.45) is 6.85. The number of aromatic nitrogens is 2. The molecule has 29 heavy (non-hydrogen) atoms. The molecule has 0 bridgehead atoms. The monoisotopic (exact) mass is 392 g/mol. The molecule has 1 N–H and O–H groups in total. The zero-order valence-corrected chi connectivity index (χ0v) is 16.3. The number of benzene rings is 2. The van der Waals surface area contributed by atoms with Crippen molar-refractivity contribution in [2.45, 2.75) is 31.8 Å². The number of likely N-dealkylation sites (tertiary alicyclic amines) is 1. The molecule has 1 atom stereocenters. The van der Waals surface area contributed by atoms with Crippen molar-refractivity contribution in [1.29, 1.82) is 0 Å². The van der Waals surface area contributed by atoms with E-state index in [0.29, 0.717) is 12.2 Å². The van der Waals surface area contributed by atoms with Crippen molar-refractivity contribution in [2.75, 3.05) is 18.4 Å². The second-order valence-corrected chi connectivity index (χ2v) is 7.46. The van der Waals surface area contributed by atoms with Gasteiger partial charge in [0.2, 0.25) is 5.91 Å². The molecule has 6 heteroatoms. The maximum absolute atomic E-state index is 13.4. The van der Waals surface area contributed by atoms with Crippen LogP contribution in [0.15, 0.2) is 67.0 Å². The van der Waals surface area contributed by atoms with Crippen molar-refractivity contribution in [3.8, 4) is 0 Å². The summed E-state index contributed by atoms with van der Waals surface area (Å²) in [5, 5.41) is 7.32. The fourth-order valence-electron chi connectivity index (χ4n) is 3.89. The SMILES string of the molecule is O=C(Nc1cnn(Cc2cccc(F)c2)c1)[C@@H](c1ccccc1)N1CCCCC1. The van der Waals surface area contributed by atoms with Crippen LogP contribution in [-0.4, -0.2) is 33.7 Å². The number of hydrogen-bond acceptors (Lipinski definition) is 3. The third-order valence-electron chi connectivity index (χ3n) is 5.25. The van der Waals surface area contributed by atoms with Crippen LogP contribution in [0.5, 0.6) is 0 Å². The Labute approximate surface area is 170 Å². The molecule has 0 radical (unpaired) electrons. The summed E-state index contributed by atoms with van der Waals surface area (Å²) in [6.45, 7) is 2.29. The molecule has 5 nitrogen and oxygen atoms in total. The van der Waals surface area contributed by atoms with Crippen LogP contribution in [0.4, 0.5) is 10.1 Å². The van der Waals surface area contributed by atoms with Crippen molar-refractivity contribution in [1.82, 2.24) is 14.7 Å². The minimum atomic E-state index is -0.317. The molecular formula is C23H25FN4O. The van der Waals surface area contributed by atoms with Crippen molar-refractivity contribution in [3.63, 3.8) is 0 Å². The van der Waals surface area contributed by atoms with Gasteiger partial charge in [-0.15, -0.1) is 0 Å². The van der Waals surface area contributed by atoms with E-state index < -0.39 is 0 Å². The first kappa shape index (κ1) is 19.3. The number of nitrogens with zero attached hydrogens (tertiary/aromatic N) is 3. The number of halogens is 1.